The van der Waals surface area contributed by atoms with Crippen LogP contribution in [0.5, 0.6) is 0 Å². The van der Waals surface area contributed by atoms with Gasteiger partial charge in [0.2, 0.25) is 5.91 Å². The maximum atomic E-state index is 11.7. The molecule has 2 N–H and O–H groups in total. The Kier molecular flexibility index (Phi) is 5.36. The number of carbonyl (C=O) groups excluding carboxylic acids is 1. The van der Waals surface area contributed by atoms with E-state index in [0.717, 1.165) is 25.2 Å². The molecule has 1 aliphatic heterocycles. The molecule has 1 fully saturated rings. The van der Waals surface area contributed by atoms with Crippen LogP contribution in [0.3, 0.4) is 0 Å². The van der Waals surface area contributed by atoms with Crippen LogP contribution < -0.4 is 10.6 Å². The average Bonchev–Trinajstić information content (AvgIpc) is 2.89. The molecule has 0 atom stereocenters. The molecule has 0 spiro atoms. The van der Waals surface area contributed by atoms with Gasteiger partial charge in [-0.3, -0.25) is 9.48 Å². The third kappa shape index (κ3) is 4.06. The SMILES string of the molecule is Cl.O=C(NCc1ccc(Cn2cccn2)cc1)C1CNC1. The second-order valence-corrected chi connectivity index (χ2v) is 5.09. The van der Waals surface area contributed by atoms with Gasteiger partial charge in [0.15, 0.2) is 0 Å². The Hall–Kier alpha value is -1.85. The van der Waals surface area contributed by atoms with Crippen molar-refractivity contribution in [3.63, 3.8) is 0 Å². The van der Waals surface area contributed by atoms with E-state index in [1.807, 2.05) is 16.9 Å². The lowest BCUT2D eigenvalue weighted by atomic mass is 10.0. The summed E-state index contributed by atoms with van der Waals surface area (Å²) < 4.78 is 1.89. The van der Waals surface area contributed by atoms with Crippen LogP contribution in [0.15, 0.2) is 42.7 Å². The van der Waals surface area contributed by atoms with Crippen molar-refractivity contribution in [3.05, 3.63) is 53.9 Å². The van der Waals surface area contributed by atoms with Gasteiger partial charge in [-0.05, 0) is 17.2 Å². The molecule has 112 valence electrons. The molecule has 1 aromatic heterocycles. The van der Waals surface area contributed by atoms with E-state index in [1.165, 1.54) is 5.56 Å². The molecular weight excluding hydrogens is 288 g/mol. The van der Waals surface area contributed by atoms with Crippen LogP contribution in [0.2, 0.25) is 0 Å². The highest BCUT2D eigenvalue weighted by molar-refractivity contribution is 5.85. The Labute approximate surface area is 130 Å². The number of nitrogens with one attached hydrogen (secondary N) is 2. The van der Waals surface area contributed by atoms with Gasteiger partial charge in [0, 0.05) is 32.0 Å². The first-order chi connectivity index (χ1) is 9.81. The van der Waals surface area contributed by atoms with Crippen LogP contribution in [0.4, 0.5) is 0 Å². The van der Waals surface area contributed by atoms with Gasteiger partial charge in [-0.15, -0.1) is 12.4 Å². The van der Waals surface area contributed by atoms with E-state index in [1.54, 1.807) is 6.20 Å². The molecule has 1 aliphatic rings. The first-order valence-electron chi connectivity index (χ1n) is 6.85. The van der Waals surface area contributed by atoms with Gasteiger partial charge < -0.3 is 10.6 Å². The van der Waals surface area contributed by atoms with Crippen LogP contribution in [0.25, 0.3) is 0 Å². The number of benzene rings is 1. The maximum absolute atomic E-state index is 11.7. The summed E-state index contributed by atoms with van der Waals surface area (Å²) >= 11 is 0. The fraction of sp³-hybridized carbons (Fsp3) is 0.333. The van der Waals surface area contributed by atoms with Crippen molar-refractivity contribution < 1.29 is 4.79 Å². The second-order valence-electron chi connectivity index (χ2n) is 5.09. The molecule has 0 bridgehead atoms. The Bertz CT molecular complexity index is 564. The van der Waals surface area contributed by atoms with Crippen LogP contribution in [0.1, 0.15) is 11.1 Å². The van der Waals surface area contributed by atoms with Crippen molar-refractivity contribution in [1.29, 1.82) is 0 Å². The van der Waals surface area contributed by atoms with Crippen molar-refractivity contribution in [2.24, 2.45) is 5.92 Å². The number of rotatable bonds is 5. The lowest BCUT2D eigenvalue weighted by Crippen LogP contribution is -2.50. The summed E-state index contributed by atoms with van der Waals surface area (Å²) in [6, 6.07) is 10.2. The van der Waals surface area contributed by atoms with Crippen LogP contribution in [-0.4, -0.2) is 28.8 Å². The molecule has 6 heteroatoms. The molecular formula is C15H19ClN4O. The van der Waals surface area contributed by atoms with Crippen LogP contribution in [0, 0.1) is 5.92 Å². The second kappa shape index (κ2) is 7.24. The molecule has 2 aromatic rings. The molecule has 5 nitrogen and oxygen atoms in total. The molecule has 0 saturated carbocycles. The molecule has 2 heterocycles. The molecule has 3 rings (SSSR count). The zero-order chi connectivity index (χ0) is 13.8. The zero-order valence-electron chi connectivity index (χ0n) is 11.7. The van der Waals surface area contributed by atoms with Gasteiger partial charge in [-0.2, -0.15) is 5.10 Å². The number of amides is 1. The molecule has 1 amide bonds. The zero-order valence-corrected chi connectivity index (χ0v) is 12.5. The highest BCUT2D eigenvalue weighted by Crippen LogP contribution is 2.07. The first-order valence-corrected chi connectivity index (χ1v) is 6.85. The Balaban J connectivity index is 0.00000161. The summed E-state index contributed by atoms with van der Waals surface area (Å²) in [6.45, 7) is 2.97. The number of carbonyl (C=O) groups is 1. The van der Waals surface area contributed by atoms with E-state index in [-0.39, 0.29) is 24.2 Å². The van der Waals surface area contributed by atoms with E-state index in [9.17, 15) is 4.79 Å². The Morgan fingerprint density at radius 3 is 2.57 bits per heavy atom. The molecule has 0 aliphatic carbocycles. The van der Waals surface area contributed by atoms with E-state index in [4.69, 9.17) is 0 Å². The average molecular weight is 307 g/mol. The fourth-order valence-corrected chi connectivity index (χ4v) is 2.15. The van der Waals surface area contributed by atoms with Gasteiger partial charge in [0.1, 0.15) is 0 Å². The number of aromatic nitrogens is 2. The largest absolute Gasteiger partial charge is 0.352 e. The minimum Gasteiger partial charge on any atom is -0.352 e. The number of nitrogens with zero attached hydrogens (tertiary/aromatic N) is 2. The van der Waals surface area contributed by atoms with Gasteiger partial charge in [0.05, 0.1) is 12.5 Å². The summed E-state index contributed by atoms with van der Waals surface area (Å²) in [6.07, 6.45) is 3.72. The van der Waals surface area contributed by atoms with Gasteiger partial charge in [-0.25, -0.2) is 0 Å². The van der Waals surface area contributed by atoms with Crippen LogP contribution in [-0.2, 0) is 17.9 Å². The smallest absolute Gasteiger partial charge is 0.225 e. The monoisotopic (exact) mass is 306 g/mol. The highest BCUT2D eigenvalue weighted by Gasteiger charge is 2.24. The van der Waals surface area contributed by atoms with E-state index in [0.29, 0.717) is 6.54 Å². The standard InChI is InChI=1S/C15H18N4O.ClH/c20-15(14-9-16-10-14)17-8-12-2-4-13(5-3-12)11-19-7-1-6-18-19;/h1-7,14,16H,8-11H2,(H,17,20);1H. The Morgan fingerprint density at radius 1 is 1.29 bits per heavy atom. The predicted molar refractivity (Wildman–Crippen MR) is 83.2 cm³/mol. The minimum atomic E-state index is 0. The topological polar surface area (TPSA) is 59.0 Å². The van der Waals surface area contributed by atoms with Crippen LogP contribution >= 0.6 is 12.4 Å². The molecule has 1 saturated heterocycles. The van der Waals surface area contributed by atoms with Crippen molar-refractivity contribution in [3.8, 4) is 0 Å². The van der Waals surface area contributed by atoms with Gasteiger partial charge >= 0.3 is 0 Å². The Morgan fingerprint density at radius 2 is 2.00 bits per heavy atom. The third-order valence-electron chi connectivity index (χ3n) is 3.55. The van der Waals surface area contributed by atoms with Crippen molar-refractivity contribution >= 4 is 18.3 Å². The summed E-state index contributed by atoms with van der Waals surface area (Å²) in [4.78, 5) is 11.7. The summed E-state index contributed by atoms with van der Waals surface area (Å²) in [5.41, 5.74) is 2.32. The normalized spacial score (nSPS) is 14.1. The number of halogens is 1. The number of hydrogen-bond acceptors (Lipinski definition) is 3. The first kappa shape index (κ1) is 15.5. The molecule has 1 aromatic carbocycles. The fourth-order valence-electron chi connectivity index (χ4n) is 2.15. The van der Waals surface area contributed by atoms with Crippen molar-refractivity contribution in [2.45, 2.75) is 13.1 Å². The van der Waals surface area contributed by atoms with E-state index < -0.39 is 0 Å². The van der Waals surface area contributed by atoms with E-state index >= 15 is 0 Å². The van der Waals surface area contributed by atoms with Crippen molar-refractivity contribution in [1.82, 2.24) is 20.4 Å². The maximum Gasteiger partial charge on any atom is 0.225 e. The quantitative estimate of drug-likeness (QED) is 0.872. The van der Waals surface area contributed by atoms with E-state index in [2.05, 4.69) is 40.0 Å². The van der Waals surface area contributed by atoms with Gasteiger partial charge in [-0.1, -0.05) is 24.3 Å². The predicted octanol–water partition coefficient (Wildman–Crippen LogP) is 1.19. The van der Waals surface area contributed by atoms with Crippen molar-refractivity contribution in [2.75, 3.05) is 13.1 Å². The number of hydrogen-bond donors (Lipinski definition) is 2. The minimum absolute atomic E-state index is 0. The highest BCUT2D eigenvalue weighted by atomic mass is 35.5. The lowest BCUT2D eigenvalue weighted by Gasteiger charge is -2.25. The summed E-state index contributed by atoms with van der Waals surface area (Å²) in [5.74, 6) is 0.290. The molecule has 0 unspecified atom stereocenters. The third-order valence-corrected chi connectivity index (χ3v) is 3.55. The molecule has 0 radical (unpaired) electrons. The molecule has 21 heavy (non-hydrogen) atoms. The summed E-state index contributed by atoms with van der Waals surface area (Å²) in [5, 5.41) is 10.3. The summed E-state index contributed by atoms with van der Waals surface area (Å²) in [7, 11) is 0. The lowest BCUT2D eigenvalue weighted by molar-refractivity contribution is -0.126. The van der Waals surface area contributed by atoms with Gasteiger partial charge in [0.25, 0.3) is 0 Å².